The first-order valence-electron chi connectivity index (χ1n) is 9.85. The molecule has 0 saturated heterocycles. The molecule has 1 atom stereocenters. The molecule has 1 fully saturated rings. The van der Waals surface area contributed by atoms with Crippen molar-refractivity contribution in [1.29, 1.82) is 0 Å². The van der Waals surface area contributed by atoms with E-state index in [1.807, 2.05) is 25.1 Å². The molecule has 1 amide bonds. The molecular weight excluding hydrogens is 369 g/mol. The minimum absolute atomic E-state index is 0.262. The molecule has 6 heteroatoms. The van der Waals surface area contributed by atoms with Crippen LogP contribution in [0.25, 0.3) is 10.8 Å². The number of carbonyl (C=O) groups excluding carboxylic acids is 1. The van der Waals surface area contributed by atoms with E-state index in [9.17, 15) is 14.0 Å². The van der Waals surface area contributed by atoms with Gasteiger partial charge in [0.2, 0.25) is 0 Å². The Labute approximate surface area is 168 Å². The topological polar surface area (TPSA) is 77.1 Å². The lowest BCUT2D eigenvalue weighted by molar-refractivity contribution is 0.0901. The van der Waals surface area contributed by atoms with Crippen LogP contribution in [0.5, 0.6) is 0 Å². The van der Waals surface area contributed by atoms with Gasteiger partial charge in [0, 0.05) is 5.39 Å². The fraction of sp³-hybridized carbons (Fsp3) is 0.304. The summed E-state index contributed by atoms with van der Waals surface area (Å²) < 4.78 is 14.9. The number of halogens is 1. The summed E-state index contributed by atoms with van der Waals surface area (Å²) >= 11 is 0. The number of benzene rings is 2. The SMILES string of the molecule is Cc1cccc2c(C(=O)N[C@H](c3cccc(F)c3)C3CCC3)c(C)n(N)c(=O)c12. The number of nitrogens with one attached hydrogen (secondary N) is 1. The molecule has 0 radical (unpaired) electrons. The van der Waals surface area contributed by atoms with E-state index in [0.717, 1.165) is 35.1 Å². The molecule has 2 aromatic carbocycles. The van der Waals surface area contributed by atoms with E-state index in [-0.39, 0.29) is 29.2 Å². The monoisotopic (exact) mass is 393 g/mol. The smallest absolute Gasteiger partial charge is 0.277 e. The van der Waals surface area contributed by atoms with Crippen molar-refractivity contribution in [2.24, 2.45) is 5.92 Å². The molecule has 0 unspecified atom stereocenters. The second-order valence-electron chi connectivity index (χ2n) is 7.83. The zero-order valence-corrected chi connectivity index (χ0v) is 16.5. The third-order valence-electron chi connectivity index (χ3n) is 6.04. The predicted molar refractivity (Wildman–Crippen MR) is 112 cm³/mol. The van der Waals surface area contributed by atoms with Gasteiger partial charge in [0.1, 0.15) is 5.82 Å². The second-order valence-corrected chi connectivity index (χ2v) is 7.83. The number of aryl methyl sites for hydroxylation is 1. The Balaban J connectivity index is 1.81. The first-order chi connectivity index (χ1) is 13.9. The largest absolute Gasteiger partial charge is 0.345 e. The molecule has 1 aliphatic rings. The average molecular weight is 393 g/mol. The first kappa shape index (κ1) is 19.2. The van der Waals surface area contributed by atoms with E-state index >= 15 is 0 Å². The summed E-state index contributed by atoms with van der Waals surface area (Å²) in [6.07, 6.45) is 3.06. The highest BCUT2D eigenvalue weighted by Crippen LogP contribution is 2.38. The van der Waals surface area contributed by atoms with Crippen molar-refractivity contribution in [3.8, 4) is 0 Å². The van der Waals surface area contributed by atoms with Gasteiger partial charge in [-0.1, -0.05) is 36.8 Å². The highest BCUT2D eigenvalue weighted by atomic mass is 19.1. The molecule has 1 aliphatic carbocycles. The number of nitrogens with zero attached hydrogens (tertiary/aromatic N) is 1. The lowest BCUT2D eigenvalue weighted by atomic mass is 9.77. The molecule has 1 saturated carbocycles. The maximum atomic E-state index is 13.8. The van der Waals surface area contributed by atoms with Gasteiger partial charge < -0.3 is 11.2 Å². The Hall–Kier alpha value is -3.15. The number of rotatable bonds is 4. The number of amides is 1. The predicted octanol–water partition coefficient (Wildman–Crippen LogP) is 3.74. The van der Waals surface area contributed by atoms with E-state index < -0.39 is 0 Å². The van der Waals surface area contributed by atoms with E-state index in [4.69, 9.17) is 5.84 Å². The molecule has 150 valence electrons. The van der Waals surface area contributed by atoms with Gasteiger partial charge >= 0.3 is 0 Å². The van der Waals surface area contributed by atoms with Crippen molar-refractivity contribution in [3.63, 3.8) is 0 Å². The summed E-state index contributed by atoms with van der Waals surface area (Å²) in [5, 5.41) is 4.12. The van der Waals surface area contributed by atoms with Gasteiger partial charge in [-0.15, -0.1) is 0 Å². The summed E-state index contributed by atoms with van der Waals surface area (Å²) in [5.74, 6) is 5.62. The van der Waals surface area contributed by atoms with Crippen molar-refractivity contribution in [2.45, 2.75) is 39.2 Å². The summed E-state index contributed by atoms with van der Waals surface area (Å²) in [6, 6.07) is 11.5. The van der Waals surface area contributed by atoms with Crippen LogP contribution in [0, 0.1) is 25.6 Å². The van der Waals surface area contributed by atoms with Crippen molar-refractivity contribution >= 4 is 16.7 Å². The van der Waals surface area contributed by atoms with Crippen molar-refractivity contribution in [3.05, 3.63) is 81.0 Å². The van der Waals surface area contributed by atoms with Crippen molar-refractivity contribution < 1.29 is 9.18 Å². The molecule has 5 nitrogen and oxygen atoms in total. The van der Waals surface area contributed by atoms with Crippen LogP contribution in [0.1, 0.15) is 52.5 Å². The van der Waals surface area contributed by atoms with Gasteiger partial charge in [-0.2, -0.15) is 0 Å². The summed E-state index contributed by atoms with van der Waals surface area (Å²) in [5.41, 5.74) is 1.97. The molecule has 1 heterocycles. The van der Waals surface area contributed by atoms with Gasteiger partial charge in [0.05, 0.1) is 22.7 Å². The van der Waals surface area contributed by atoms with E-state index in [0.29, 0.717) is 22.0 Å². The molecule has 1 aromatic heterocycles. The van der Waals surface area contributed by atoms with Gasteiger partial charge in [-0.3, -0.25) is 9.59 Å². The van der Waals surface area contributed by atoms with Crippen LogP contribution in [0.15, 0.2) is 47.3 Å². The van der Waals surface area contributed by atoms with Crippen LogP contribution in [-0.4, -0.2) is 10.6 Å². The maximum absolute atomic E-state index is 13.8. The Kier molecular flexibility index (Phi) is 4.86. The first-order valence-corrected chi connectivity index (χ1v) is 9.85. The molecule has 29 heavy (non-hydrogen) atoms. The van der Waals surface area contributed by atoms with Gasteiger partial charge in [-0.05, 0) is 55.9 Å². The minimum atomic E-state index is -0.326. The second kappa shape index (κ2) is 7.35. The summed E-state index contributed by atoms with van der Waals surface area (Å²) in [6.45, 7) is 3.49. The minimum Gasteiger partial charge on any atom is -0.345 e. The van der Waals surface area contributed by atoms with E-state index in [1.165, 1.54) is 12.1 Å². The number of nitrogens with two attached hydrogens (primary N) is 1. The Morgan fingerprint density at radius 1 is 1.21 bits per heavy atom. The number of aromatic nitrogens is 1. The van der Waals surface area contributed by atoms with E-state index in [1.54, 1.807) is 19.1 Å². The Bertz CT molecular complexity index is 1160. The lowest BCUT2D eigenvalue weighted by Crippen LogP contribution is -2.39. The highest BCUT2D eigenvalue weighted by Gasteiger charge is 2.31. The standard InChI is InChI=1S/C23H24FN3O2/c1-13-6-3-11-18-19(13)23(29)27(25)14(2)20(18)22(28)26-21(15-7-4-8-15)16-9-5-10-17(24)12-16/h3,5-6,9-12,15,21H,4,7-8,25H2,1-2H3,(H,26,28)/t21-/m0/s1. The number of nitrogen functional groups attached to an aromatic ring is 1. The maximum Gasteiger partial charge on any atom is 0.277 e. The van der Waals surface area contributed by atoms with Crippen LogP contribution in [0.2, 0.25) is 0 Å². The molecule has 3 aromatic rings. The van der Waals surface area contributed by atoms with E-state index in [2.05, 4.69) is 5.32 Å². The summed E-state index contributed by atoms with van der Waals surface area (Å²) in [4.78, 5) is 26.0. The number of pyridine rings is 1. The number of hydrogen-bond donors (Lipinski definition) is 2. The molecule has 3 N–H and O–H groups in total. The zero-order chi connectivity index (χ0) is 20.7. The third-order valence-corrected chi connectivity index (χ3v) is 6.04. The molecule has 0 bridgehead atoms. The number of fused-ring (bicyclic) bond motifs is 1. The molecule has 0 aliphatic heterocycles. The third kappa shape index (κ3) is 3.28. The van der Waals surface area contributed by atoms with Gasteiger partial charge in [0.25, 0.3) is 11.5 Å². The average Bonchev–Trinajstić information content (AvgIpc) is 2.64. The highest BCUT2D eigenvalue weighted by molar-refractivity contribution is 6.08. The lowest BCUT2D eigenvalue weighted by Gasteiger charge is -2.35. The fourth-order valence-electron chi connectivity index (χ4n) is 4.19. The summed E-state index contributed by atoms with van der Waals surface area (Å²) in [7, 11) is 0. The Morgan fingerprint density at radius 2 is 1.93 bits per heavy atom. The van der Waals surface area contributed by atoms with Crippen LogP contribution in [0.4, 0.5) is 4.39 Å². The fourth-order valence-corrected chi connectivity index (χ4v) is 4.19. The quantitative estimate of drug-likeness (QED) is 0.663. The van der Waals surface area contributed by atoms with Crippen LogP contribution in [0.3, 0.4) is 0 Å². The normalized spacial score (nSPS) is 15.1. The molecule has 4 rings (SSSR count). The molecule has 0 spiro atoms. The van der Waals surface area contributed by atoms with Crippen LogP contribution >= 0.6 is 0 Å². The van der Waals surface area contributed by atoms with Gasteiger partial charge in [-0.25, -0.2) is 9.07 Å². The van der Waals surface area contributed by atoms with Crippen molar-refractivity contribution in [1.82, 2.24) is 9.99 Å². The number of hydrogen-bond acceptors (Lipinski definition) is 3. The molecular formula is C23H24FN3O2. The zero-order valence-electron chi connectivity index (χ0n) is 16.5. The van der Waals surface area contributed by atoms with Crippen LogP contribution in [-0.2, 0) is 0 Å². The van der Waals surface area contributed by atoms with Crippen LogP contribution < -0.4 is 16.7 Å². The van der Waals surface area contributed by atoms with Crippen molar-refractivity contribution in [2.75, 3.05) is 5.84 Å². The van der Waals surface area contributed by atoms with Gasteiger partial charge in [0.15, 0.2) is 0 Å². The number of carbonyl (C=O) groups is 1. The Morgan fingerprint density at radius 3 is 2.59 bits per heavy atom.